The smallest absolute Gasteiger partial charge is 0.250 e. The van der Waals surface area contributed by atoms with E-state index in [-0.39, 0.29) is 6.90 Å². The number of hydrogen-bond acceptors (Lipinski definition) is 2. The molecular weight excluding hydrogens is 128 g/mol. The lowest BCUT2D eigenvalue weighted by atomic mass is 10.2. The van der Waals surface area contributed by atoms with Crippen molar-refractivity contribution < 1.29 is 6.17 Å². The number of aromatic nitrogens is 1. The van der Waals surface area contributed by atoms with E-state index in [1.807, 2.05) is 0 Å². The average molecular weight is 137 g/mol. The number of carbonyl (C=O) groups is 1. The summed E-state index contributed by atoms with van der Waals surface area (Å²) < 4.78 is 7.01. The van der Waals surface area contributed by atoms with Crippen LogP contribution in [0.5, 0.6) is 0 Å². The molecule has 3 nitrogen and oxygen atoms in total. The summed E-state index contributed by atoms with van der Waals surface area (Å²) in [5, 5.41) is 0. The summed E-state index contributed by atoms with van der Waals surface area (Å²) in [5.41, 5.74) is 5.79. The Labute approximate surface area is 60.3 Å². The van der Waals surface area contributed by atoms with Crippen LogP contribution < -0.4 is 5.73 Å². The van der Waals surface area contributed by atoms with Crippen LogP contribution in [0.3, 0.4) is 0 Å². The molecule has 0 atom stereocenters. The number of amides is 1. The molecular formula is C7H8N2O. The van der Waals surface area contributed by atoms with E-state index in [0.29, 0.717) is 11.3 Å². The van der Waals surface area contributed by atoms with E-state index in [2.05, 4.69) is 4.98 Å². The molecule has 1 amide bonds. The SMILES string of the molecule is [2H]Cc1ncccc1C(N)=O. The van der Waals surface area contributed by atoms with Crippen LogP contribution >= 0.6 is 0 Å². The molecule has 0 bridgehead atoms. The monoisotopic (exact) mass is 137 g/mol. The highest BCUT2D eigenvalue weighted by atomic mass is 16.1. The van der Waals surface area contributed by atoms with Crippen LogP contribution in [0, 0.1) is 6.90 Å². The van der Waals surface area contributed by atoms with Crippen molar-refractivity contribution in [3.05, 3.63) is 29.6 Å². The topological polar surface area (TPSA) is 56.0 Å². The van der Waals surface area contributed by atoms with Gasteiger partial charge in [0.2, 0.25) is 0 Å². The van der Waals surface area contributed by atoms with Gasteiger partial charge in [-0.15, -0.1) is 0 Å². The molecule has 1 rings (SSSR count). The van der Waals surface area contributed by atoms with Crippen LogP contribution in [0.4, 0.5) is 0 Å². The standard InChI is InChI=1S/C7H8N2O/c1-5-6(7(8)10)3-2-4-9-5/h2-4H,1H3,(H2,8,10)/i1D. The third kappa shape index (κ3) is 1.13. The zero-order valence-electron chi connectivity index (χ0n) is 6.37. The number of aryl methyl sites for hydroxylation is 1. The lowest BCUT2D eigenvalue weighted by molar-refractivity contribution is 0.0999. The molecule has 0 unspecified atom stereocenters. The van der Waals surface area contributed by atoms with Crippen LogP contribution in [0.2, 0.25) is 0 Å². The predicted molar refractivity (Wildman–Crippen MR) is 37.5 cm³/mol. The normalized spacial score (nSPS) is 10.6. The molecule has 1 heterocycles. The lowest BCUT2D eigenvalue weighted by Crippen LogP contribution is -2.12. The molecule has 0 radical (unpaired) electrons. The van der Waals surface area contributed by atoms with Crippen molar-refractivity contribution in [1.82, 2.24) is 4.98 Å². The molecule has 0 aromatic carbocycles. The molecule has 0 saturated carbocycles. The second kappa shape index (κ2) is 2.47. The largest absolute Gasteiger partial charge is 0.366 e. The van der Waals surface area contributed by atoms with E-state index < -0.39 is 5.91 Å². The lowest BCUT2D eigenvalue weighted by Gasteiger charge is -1.96. The van der Waals surface area contributed by atoms with Gasteiger partial charge >= 0.3 is 0 Å². The molecule has 3 heteroatoms. The zero-order chi connectivity index (χ0) is 8.27. The van der Waals surface area contributed by atoms with Gasteiger partial charge in [0.1, 0.15) is 0 Å². The van der Waals surface area contributed by atoms with Crippen molar-refractivity contribution in [3.8, 4) is 0 Å². The fourth-order valence-electron chi connectivity index (χ4n) is 0.662. The summed E-state index contributed by atoms with van der Waals surface area (Å²) >= 11 is 0. The Morgan fingerprint density at radius 2 is 2.70 bits per heavy atom. The van der Waals surface area contributed by atoms with Gasteiger partial charge in [0.05, 0.1) is 5.56 Å². The molecule has 2 N–H and O–H groups in total. The van der Waals surface area contributed by atoms with Gasteiger partial charge in [-0.3, -0.25) is 9.78 Å². The molecule has 1 aromatic heterocycles. The molecule has 1 aromatic rings. The first-order chi connectivity index (χ1) is 5.25. The van der Waals surface area contributed by atoms with Crippen molar-refractivity contribution in [3.63, 3.8) is 0 Å². The Bertz CT molecular complexity index is 275. The van der Waals surface area contributed by atoms with Crippen LogP contribution in [-0.2, 0) is 0 Å². The highest BCUT2D eigenvalue weighted by Gasteiger charge is 2.01. The van der Waals surface area contributed by atoms with Crippen molar-refractivity contribution >= 4 is 5.91 Å². The fraction of sp³-hybridized carbons (Fsp3) is 0.143. The van der Waals surface area contributed by atoms with E-state index in [1.54, 1.807) is 12.1 Å². The van der Waals surface area contributed by atoms with Gasteiger partial charge < -0.3 is 5.73 Å². The second-order valence-corrected chi connectivity index (χ2v) is 1.86. The summed E-state index contributed by atoms with van der Waals surface area (Å²) in [6.45, 7) is -0.0148. The highest BCUT2D eigenvalue weighted by molar-refractivity contribution is 5.93. The highest BCUT2D eigenvalue weighted by Crippen LogP contribution is 2.00. The molecule has 10 heavy (non-hydrogen) atoms. The summed E-state index contributed by atoms with van der Waals surface area (Å²) in [6.07, 6.45) is 1.54. The van der Waals surface area contributed by atoms with Gasteiger partial charge in [0.15, 0.2) is 0 Å². The van der Waals surface area contributed by atoms with Crippen LogP contribution in [-0.4, -0.2) is 10.9 Å². The third-order valence-corrected chi connectivity index (χ3v) is 1.16. The van der Waals surface area contributed by atoms with Crippen molar-refractivity contribution in [2.75, 3.05) is 0 Å². The summed E-state index contributed by atoms with van der Waals surface area (Å²) in [5.74, 6) is -0.527. The first-order valence-electron chi connectivity index (χ1n) is 3.49. The molecule has 0 fully saturated rings. The molecule has 0 aliphatic heterocycles. The molecule has 0 aliphatic carbocycles. The number of carbonyl (C=O) groups excluding carboxylic acids is 1. The Hall–Kier alpha value is -1.38. The number of nitrogens with zero attached hydrogens (tertiary/aromatic N) is 1. The third-order valence-electron chi connectivity index (χ3n) is 1.16. The minimum atomic E-state index is -0.527. The van der Waals surface area contributed by atoms with Crippen LogP contribution in [0.25, 0.3) is 0 Å². The summed E-state index contributed by atoms with van der Waals surface area (Å²) in [4.78, 5) is 14.5. The maximum absolute atomic E-state index is 10.7. The fourth-order valence-corrected chi connectivity index (χ4v) is 0.662. The maximum atomic E-state index is 10.7. The van der Waals surface area contributed by atoms with Gasteiger partial charge in [-0.05, 0) is 19.0 Å². The van der Waals surface area contributed by atoms with E-state index in [9.17, 15) is 4.79 Å². The second-order valence-electron chi connectivity index (χ2n) is 1.86. The summed E-state index contributed by atoms with van der Waals surface area (Å²) in [7, 11) is 0. The quantitative estimate of drug-likeness (QED) is 0.612. The van der Waals surface area contributed by atoms with Crippen LogP contribution in [0.1, 0.15) is 17.4 Å². The molecule has 0 aliphatic rings. The van der Waals surface area contributed by atoms with E-state index in [4.69, 9.17) is 7.10 Å². The van der Waals surface area contributed by atoms with Gasteiger partial charge in [0.25, 0.3) is 5.91 Å². The molecule has 0 saturated heterocycles. The molecule has 0 spiro atoms. The number of nitrogens with two attached hydrogens (primary N) is 1. The van der Waals surface area contributed by atoms with Crippen molar-refractivity contribution in [1.29, 1.82) is 0 Å². The zero-order valence-corrected chi connectivity index (χ0v) is 5.37. The van der Waals surface area contributed by atoms with Gasteiger partial charge in [0, 0.05) is 13.3 Å². The van der Waals surface area contributed by atoms with Gasteiger partial charge in [-0.1, -0.05) is 0 Å². The Kier molecular flexibility index (Phi) is 1.34. The minimum Gasteiger partial charge on any atom is -0.366 e. The number of hydrogen-bond donors (Lipinski definition) is 1. The van der Waals surface area contributed by atoms with E-state index >= 15 is 0 Å². The first-order valence-corrected chi connectivity index (χ1v) is 2.78. The number of primary amides is 1. The van der Waals surface area contributed by atoms with Crippen molar-refractivity contribution in [2.45, 2.75) is 6.90 Å². The Morgan fingerprint density at radius 1 is 1.90 bits per heavy atom. The van der Waals surface area contributed by atoms with Crippen LogP contribution in [0.15, 0.2) is 18.3 Å². The first kappa shape index (κ1) is 5.41. The number of pyridine rings is 1. The predicted octanol–water partition coefficient (Wildman–Crippen LogP) is 0.489. The van der Waals surface area contributed by atoms with E-state index in [1.165, 1.54) is 6.20 Å². The summed E-state index contributed by atoms with van der Waals surface area (Å²) in [6, 6.07) is 3.19. The van der Waals surface area contributed by atoms with E-state index in [0.717, 1.165) is 0 Å². The Morgan fingerprint density at radius 3 is 3.20 bits per heavy atom. The van der Waals surface area contributed by atoms with Crippen molar-refractivity contribution in [2.24, 2.45) is 5.73 Å². The minimum absolute atomic E-state index is 0.0148. The molecule has 52 valence electrons. The maximum Gasteiger partial charge on any atom is 0.250 e. The Balaban J connectivity index is 3.12. The van der Waals surface area contributed by atoms with Gasteiger partial charge in [-0.25, -0.2) is 0 Å². The number of rotatable bonds is 1. The average Bonchev–Trinajstić information content (AvgIpc) is 2.04. The van der Waals surface area contributed by atoms with Gasteiger partial charge in [-0.2, -0.15) is 0 Å².